The number of aliphatic carboxylic acids is 1. The molecule has 7 heteroatoms. The van der Waals surface area contributed by atoms with E-state index in [1.165, 1.54) is 5.69 Å². The number of rotatable bonds is 3. The lowest BCUT2D eigenvalue weighted by molar-refractivity contribution is -0.150. The topological polar surface area (TPSA) is 80.5 Å². The molecule has 2 aliphatic rings. The molecular weight excluding hydrogens is 320 g/mol. The Hall–Kier alpha value is -2.15. The zero-order valence-electron chi connectivity index (χ0n) is 14.7. The summed E-state index contributed by atoms with van der Waals surface area (Å²) in [6.07, 6.45) is 4.90. The van der Waals surface area contributed by atoms with E-state index >= 15 is 0 Å². The molecule has 0 saturated carbocycles. The number of aromatic nitrogens is 3. The number of carbonyl (C=O) groups is 1. The van der Waals surface area contributed by atoms with Crippen LogP contribution in [0.15, 0.2) is 12.3 Å². The Morgan fingerprint density at radius 2 is 2.04 bits per heavy atom. The lowest BCUT2D eigenvalue weighted by atomic mass is 9.89. The molecule has 2 saturated heterocycles. The van der Waals surface area contributed by atoms with Crippen molar-refractivity contribution in [2.24, 2.45) is 13.0 Å². The predicted octanol–water partition coefficient (Wildman–Crippen LogP) is 2.13. The first kappa shape index (κ1) is 16.3. The van der Waals surface area contributed by atoms with Crippen molar-refractivity contribution in [2.75, 3.05) is 18.0 Å². The highest BCUT2D eigenvalue weighted by Crippen LogP contribution is 2.35. The van der Waals surface area contributed by atoms with Crippen LogP contribution in [0.2, 0.25) is 0 Å². The van der Waals surface area contributed by atoms with E-state index in [1.807, 2.05) is 24.9 Å². The fourth-order valence-corrected chi connectivity index (χ4v) is 4.32. The number of ether oxygens (including phenoxy) is 1. The first-order chi connectivity index (χ1) is 12.0. The molecular formula is C18H24N4O3. The van der Waals surface area contributed by atoms with Crippen molar-refractivity contribution >= 4 is 22.7 Å². The fraction of sp³-hybridized carbons (Fsp3) is 0.611. The maximum absolute atomic E-state index is 11.1. The molecule has 2 aromatic rings. The van der Waals surface area contributed by atoms with Gasteiger partial charge in [0, 0.05) is 26.3 Å². The zero-order chi connectivity index (χ0) is 17.6. The van der Waals surface area contributed by atoms with Crippen molar-refractivity contribution in [3.63, 3.8) is 0 Å². The largest absolute Gasteiger partial charge is 0.479 e. The number of anilines is 1. The average Bonchev–Trinajstić information content (AvgIpc) is 3.21. The van der Waals surface area contributed by atoms with E-state index in [4.69, 9.17) is 9.84 Å². The highest BCUT2D eigenvalue weighted by atomic mass is 16.5. The lowest BCUT2D eigenvalue weighted by Gasteiger charge is -2.36. The van der Waals surface area contributed by atoms with Gasteiger partial charge in [0.15, 0.2) is 11.8 Å². The maximum atomic E-state index is 11.1. The summed E-state index contributed by atoms with van der Waals surface area (Å²) in [6.45, 7) is 3.93. The minimum absolute atomic E-state index is 0.0980. The Labute approximate surface area is 146 Å². The maximum Gasteiger partial charge on any atom is 0.332 e. The number of fused-ring (bicyclic) bond motifs is 1. The van der Waals surface area contributed by atoms with E-state index in [1.54, 1.807) is 0 Å². The van der Waals surface area contributed by atoms with Gasteiger partial charge in [0.2, 0.25) is 0 Å². The molecule has 0 unspecified atom stereocenters. The van der Waals surface area contributed by atoms with Gasteiger partial charge < -0.3 is 14.7 Å². The molecule has 4 heterocycles. The summed E-state index contributed by atoms with van der Waals surface area (Å²) in [6, 6.07) is 2.07. The molecule has 2 atom stereocenters. The second-order valence-corrected chi connectivity index (χ2v) is 7.14. The first-order valence-electron chi connectivity index (χ1n) is 8.96. The average molecular weight is 344 g/mol. The summed E-state index contributed by atoms with van der Waals surface area (Å²) in [5.74, 6) is -0.376. The number of carboxylic acids is 1. The van der Waals surface area contributed by atoms with E-state index in [9.17, 15) is 4.79 Å². The second kappa shape index (κ2) is 6.29. The van der Waals surface area contributed by atoms with Gasteiger partial charge in [0.1, 0.15) is 0 Å². The number of hydrogen-bond donors (Lipinski definition) is 1. The van der Waals surface area contributed by atoms with Gasteiger partial charge in [0.25, 0.3) is 0 Å². The minimum Gasteiger partial charge on any atom is -0.479 e. The molecule has 4 rings (SSSR count). The van der Waals surface area contributed by atoms with Crippen molar-refractivity contribution in [2.45, 2.75) is 44.8 Å². The fourth-order valence-electron chi connectivity index (χ4n) is 4.32. The molecule has 0 aromatic carbocycles. The molecule has 7 nitrogen and oxygen atoms in total. The zero-order valence-corrected chi connectivity index (χ0v) is 14.7. The monoisotopic (exact) mass is 344 g/mol. The van der Waals surface area contributed by atoms with Crippen LogP contribution >= 0.6 is 0 Å². The van der Waals surface area contributed by atoms with Crippen LogP contribution < -0.4 is 4.90 Å². The van der Waals surface area contributed by atoms with E-state index in [-0.39, 0.29) is 6.10 Å². The van der Waals surface area contributed by atoms with E-state index < -0.39 is 12.1 Å². The van der Waals surface area contributed by atoms with Gasteiger partial charge in [0.05, 0.1) is 22.9 Å². The number of piperidine rings is 1. The third kappa shape index (κ3) is 2.86. The number of hydrogen-bond acceptors (Lipinski definition) is 5. The highest BCUT2D eigenvalue weighted by Gasteiger charge is 2.36. The minimum atomic E-state index is -0.828. The summed E-state index contributed by atoms with van der Waals surface area (Å²) >= 11 is 0. The summed E-state index contributed by atoms with van der Waals surface area (Å²) in [4.78, 5) is 17.9. The van der Waals surface area contributed by atoms with E-state index in [0.29, 0.717) is 12.3 Å². The first-order valence-corrected chi connectivity index (χ1v) is 8.96. The smallest absolute Gasteiger partial charge is 0.332 e. The normalized spacial score (nSPS) is 25.0. The molecule has 0 aliphatic carbocycles. The van der Waals surface area contributed by atoms with Gasteiger partial charge in [-0.3, -0.25) is 4.68 Å². The Morgan fingerprint density at radius 1 is 1.28 bits per heavy atom. The molecule has 25 heavy (non-hydrogen) atoms. The summed E-state index contributed by atoms with van der Waals surface area (Å²) in [7, 11) is 1.93. The molecule has 2 fully saturated rings. The third-order valence-electron chi connectivity index (χ3n) is 5.61. The quantitative estimate of drug-likeness (QED) is 0.919. The predicted molar refractivity (Wildman–Crippen MR) is 93.7 cm³/mol. The third-order valence-corrected chi connectivity index (χ3v) is 5.61. The summed E-state index contributed by atoms with van der Waals surface area (Å²) in [5, 5.41) is 14.7. The van der Waals surface area contributed by atoms with Gasteiger partial charge in [-0.05, 0) is 44.6 Å². The van der Waals surface area contributed by atoms with Crippen molar-refractivity contribution < 1.29 is 14.6 Å². The molecule has 2 aromatic heterocycles. The Bertz CT molecular complexity index is 795. The number of carboxylic acid groups (broad SMARTS) is 1. The molecule has 0 spiro atoms. The molecule has 1 N–H and O–H groups in total. The summed E-state index contributed by atoms with van der Waals surface area (Å²) in [5.41, 5.74) is 3.12. The van der Waals surface area contributed by atoms with Crippen LogP contribution in [-0.4, -0.2) is 51.1 Å². The SMILES string of the molecule is Cc1nn(C)c2nccc(N3CCC([C@@H]4CC[C@H](C(=O)O)O4)CC3)c12. The molecule has 0 amide bonds. The van der Waals surface area contributed by atoms with Gasteiger partial charge in [-0.2, -0.15) is 5.10 Å². The van der Waals surface area contributed by atoms with Crippen LogP contribution in [-0.2, 0) is 16.6 Å². The van der Waals surface area contributed by atoms with Crippen molar-refractivity contribution in [3.05, 3.63) is 18.0 Å². The lowest BCUT2D eigenvalue weighted by Crippen LogP contribution is -2.38. The molecule has 2 aliphatic heterocycles. The van der Waals surface area contributed by atoms with Gasteiger partial charge in [-0.15, -0.1) is 0 Å². The molecule has 134 valence electrons. The van der Waals surface area contributed by atoms with Crippen LogP contribution in [0.1, 0.15) is 31.4 Å². The van der Waals surface area contributed by atoms with Gasteiger partial charge >= 0.3 is 5.97 Å². The van der Waals surface area contributed by atoms with Crippen LogP contribution in [0.25, 0.3) is 11.0 Å². The second-order valence-electron chi connectivity index (χ2n) is 7.14. The van der Waals surface area contributed by atoms with Crippen LogP contribution in [0, 0.1) is 12.8 Å². The van der Waals surface area contributed by atoms with Crippen LogP contribution in [0.3, 0.4) is 0 Å². The highest BCUT2D eigenvalue weighted by molar-refractivity contribution is 5.91. The van der Waals surface area contributed by atoms with Crippen molar-refractivity contribution in [1.29, 1.82) is 0 Å². The Kier molecular flexibility index (Phi) is 4.11. The molecule has 0 radical (unpaired) electrons. The van der Waals surface area contributed by atoms with Crippen LogP contribution in [0.4, 0.5) is 5.69 Å². The van der Waals surface area contributed by atoms with Crippen LogP contribution in [0.5, 0.6) is 0 Å². The van der Waals surface area contributed by atoms with Gasteiger partial charge in [-0.1, -0.05) is 0 Å². The van der Waals surface area contributed by atoms with E-state index in [2.05, 4.69) is 21.0 Å². The molecule has 0 bridgehead atoms. The number of nitrogens with zero attached hydrogens (tertiary/aromatic N) is 4. The summed E-state index contributed by atoms with van der Waals surface area (Å²) < 4.78 is 7.59. The van der Waals surface area contributed by atoms with Crippen molar-refractivity contribution in [3.8, 4) is 0 Å². The van der Waals surface area contributed by atoms with E-state index in [0.717, 1.165) is 49.1 Å². The number of aryl methyl sites for hydroxylation is 2. The number of pyridine rings is 1. The van der Waals surface area contributed by atoms with Gasteiger partial charge in [-0.25, -0.2) is 9.78 Å². The Balaban J connectivity index is 1.47. The van der Waals surface area contributed by atoms with Crippen molar-refractivity contribution in [1.82, 2.24) is 14.8 Å². The Morgan fingerprint density at radius 3 is 2.72 bits per heavy atom. The standard InChI is InChI=1S/C18H24N4O3/c1-11-16-13(5-8-19-17(16)21(2)20-11)22-9-6-12(7-10-22)14-3-4-15(25-14)18(23)24/h5,8,12,14-15H,3-4,6-7,9-10H2,1-2H3,(H,23,24)/t14-,15+/m0/s1.